The zero-order chi connectivity index (χ0) is 10.9. The number of nitrogens with one attached hydrogen (secondary N) is 1. The molecule has 1 N–H and O–H groups in total. The lowest BCUT2D eigenvalue weighted by atomic mass is 10.0. The molecule has 82 valence electrons. The minimum absolute atomic E-state index is 0.152. The number of nitrogens with zero attached hydrogens (tertiary/aromatic N) is 2. The van der Waals surface area contributed by atoms with E-state index in [0.29, 0.717) is 0 Å². The highest BCUT2D eigenvalue weighted by Crippen LogP contribution is 2.23. The quantitative estimate of drug-likeness (QED) is 0.754. The molecular formula is C12H19N3. The second-order valence-electron chi connectivity index (χ2n) is 4.78. The molecule has 2 heterocycles. The summed E-state index contributed by atoms with van der Waals surface area (Å²) in [6, 6.07) is 6.22. The maximum absolute atomic E-state index is 4.59. The molecule has 1 aromatic heterocycles. The molecule has 1 aliphatic heterocycles. The number of aromatic nitrogens is 1. The molecule has 1 fully saturated rings. The van der Waals surface area contributed by atoms with Gasteiger partial charge in [0.25, 0.3) is 0 Å². The summed E-state index contributed by atoms with van der Waals surface area (Å²) in [6.45, 7) is 9.64. The van der Waals surface area contributed by atoms with Crippen molar-refractivity contribution in [2.45, 2.75) is 26.3 Å². The molecule has 0 aromatic carbocycles. The monoisotopic (exact) mass is 205 g/mol. The van der Waals surface area contributed by atoms with Gasteiger partial charge >= 0.3 is 0 Å². The van der Waals surface area contributed by atoms with Gasteiger partial charge in [0, 0.05) is 30.9 Å². The van der Waals surface area contributed by atoms with E-state index in [9.17, 15) is 0 Å². The molecule has 3 heteroatoms. The lowest BCUT2D eigenvalue weighted by Crippen LogP contribution is -2.58. The normalized spacial score (nSPS) is 20.3. The van der Waals surface area contributed by atoms with Gasteiger partial charge in [0.2, 0.25) is 0 Å². The third-order valence-electron chi connectivity index (χ3n) is 2.95. The van der Waals surface area contributed by atoms with Crippen LogP contribution in [0.5, 0.6) is 0 Å². The summed E-state index contributed by atoms with van der Waals surface area (Å²) in [5.41, 5.74) is 1.24. The second-order valence-corrected chi connectivity index (χ2v) is 4.78. The van der Waals surface area contributed by atoms with E-state index in [1.165, 1.54) is 0 Å². The molecule has 0 atom stereocenters. The molecule has 0 aliphatic carbocycles. The van der Waals surface area contributed by atoms with Crippen molar-refractivity contribution in [3.8, 4) is 0 Å². The Morgan fingerprint density at radius 3 is 2.87 bits per heavy atom. The van der Waals surface area contributed by atoms with E-state index >= 15 is 0 Å². The molecule has 0 unspecified atom stereocenters. The van der Waals surface area contributed by atoms with Gasteiger partial charge in [0.05, 0.1) is 0 Å². The van der Waals surface area contributed by atoms with E-state index in [1.54, 1.807) is 0 Å². The van der Waals surface area contributed by atoms with Crippen LogP contribution in [0.15, 0.2) is 18.2 Å². The summed E-state index contributed by atoms with van der Waals surface area (Å²) in [6.07, 6.45) is 0. The molecule has 0 saturated carbocycles. The lowest BCUT2D eigenvalue weighted by molar-refractivity contribution is 0.377. The number of aryl methyl sites for hydroxylation is 1. The highest BCUT2D eigenvalue weighted by atomic mass is 15.3. The maximum atomic E-state index is 4.59. The van der Waals surface area contributed by atoms with Gasteiger partial charge in [0.15, 0.2) is 0 Å². The van der Waals surface area contributed by atoms with Crippen molar-refractivity contribution in [2.24, 2.45) is 0 Å². The third kappa shape index (κ3) is 2.12. The Labute approximate surface area is 91.5 Å². The van der Waals surface area contributed by atoms with Gasteiger partial charge in [-0.1, -0.05) is 6.07 Å². The van der Waals surface area contributed by atoms with Crippen LogP contribution >= 0.6 is 0 Å². The molecule has 0 bridgehead atoms. The van der Waals surface area contributed by atoms with Gasteiger partial charge in [-0.15, -0.1) is 0 Å². The molecule has 3 nitrogen and oxygen atoms in total. The van der Waals surface area contributed by atoms with Gasteiger partial charge in [-0.25, -0.2) is 4.98 Å². The Morgan fingerprint density at radius 2 is 2.20 bits per heavy atom. The average molecular weight is 205 g/mol. The van der Waals surface area contributed by atoms with Crippen LogP contribution in [-0.2, 0) is 0 Å². The van der Waals surface area contributed by atoms with E-state index < -0.39 is 0 Å². The van der Waals surface area contributed by atoms with Crippen LogP contribution in [-0.4, -0.2) is 30.2 Å². The van der Waals surface area contributed by atoms with Crippen LogP contribution in [0.25, 0.3) is 0 Å². The van der Waals surface area contributed by atoms with Crippen molar-refractivity contribution in [2.75, 3.05) is 24.5 Å². The summed E-state index contributed by atoms with van der Waals surface area (Å²) >= 11 is 0. The summed E-state index contributed by atoms with van der Waals surface area (Å²) in [5, 5.41) is 3.42. The minimum atomic E-state index is 0.152. The smallest absolute Gasteiger partial charge is 0.129 e. The van der Waals surface area contributed by atoms with Crippen molar-refractivity contribution in [1.29, 1.82) is 0 Å². The number of rotatable bonds is 1. The predicted octanol–water partition coefficient (Wildman–Crippen LogP) is 1.58. The highest BCUT2D eigenvalue weighted by Gasteiger charge is 2.30. The van der Waals surface area contributed by atoms with Crippen LogP contribution in [0.4, 0.5) is 5.82 Å². The molecule has 0 spiro atoms. The number of hydrogen-bond acceptors (Lipinski definition) is 3. The Hall–Kier alpha value is -1.09. The first kappa shape index (κ1) is 10.4. The van der Waals surface area contributed by atoms with Crippen molar-refractivity contribution in [3.05, 3.63) is 23.9 Å². The number of pyridine rings is 1. The van der Waals surface area contributed by atoms with E-state index in [4.69, 9.17) is 0 Å². The molecule has 1 aliphatic rings. The van der Waals surface area contributed by atoms with Crippen LogP contribution < -0.4 is 10.2 Å². The molecule has 1 aromatic rings. The molecular weight excluding hydrogens is 186 g/mol. The summed E-state index contributed by atoms with van der Waals surface area (Å²) in [5.74, 6) is 1.10. The fourth-order valence-electron chi connectivity index (χ4n) is 2.09. The fraction of sp³-hybridized carbons (Fsp3) is 0.583. The first-order valence-corrected chi connectivity index (χ1v) is 5.52. The number of hydrogen-bond donors (Lipinski definition) is 1. The van der Waals surface area contributed by atoms with Gasteiger partial charge in [-0.05, 0) is 32.9 Å². The number of anilines is 1. The predicted molar refractivity (Wildman–Crippen MR) is 63.3 cm³/mol. The maximum Gasteiger partial charge on any atom is 0.129 e. The lowest BCUT2D eigenvalue weighted by Gasteiger charge is -2.43. The second kappa shape index (κ2) is 3.81. The van der Waals surface area contributed by atoms with Gasteiger partial charge < -0.3 is 10.2 Å². The van der Waals surface area contributed by atoms with Gasteiger partial charge in [0.1, 0.15) is 5.82 Å². The van der Waals surface area contributed by atoms with E-state index in [2.05, 4.69) is 41.2 Å². The zero-order valence-electron chi connectivity index (χ0n) is 9.75. The summed E-state index contributed by atoms with van der Waals surface area (Å²) in [7, 11) is 0. The SMILES string of the molecule is Cc1cccc(N2CCNCC2(C)C)n1. The van der Waals surface area contributed by atoms with Gasteiger partial charge in [-0.3, -0.25) is 0 Å². The highest BCUT2D eigenvalue weighted by molar-refractivity contribution is 5.43. The summed E-state index contributed by atoms with van der Waals surface area (Å²) < 4.78 is 0. The van der Waals surface area contributed by atoms with Crippen molar-refractivity contribution >= 4 is 5.82 Å². The number of piperazine rings is 1. The van der Waals surface area contributed by atoms with Crippen LogP contribution in [0.3, 0.4) is 0 Å². The Balaban J connectivity index is 2.29. The molecule has 0 amide bonds. The minimum Gasteiger partial charge on any atom is -0.349 e. The van der Waals surface area contributed by atoms with Crippen LogP contribution in [0.2, 0.25) is 0 Å². The average Bonchev–Trinajstić information content (AvgIpc) is 2.17. The Bertz CT molecular complexity index is 346. The summed E-state index contributed by atoms with van der Waals surface area (Å²) in [4.78, 5) is 6.98. The van der Waals surface area contributed by atoms with Crippen LogP contribution in [0.1, 0.15) is 19.5 Å². The topological polar surface area (TPSA) is 28.2 Å². The molecule has 15 heavy (non-hydrogen) atoms. The Kier molecular flexibility index (Phi) is 2.65. The standard InChI is InChI=1S/C12H19N3/c1-10-5-4-6-11(14-10)15-8-7-13-9-12(15,2)3/h4-6,13H,7-9H2,1-3H3. The third-order valence-corrected chi connectivity index (χ3v) is 2.95. The van der Waals surface area contributed by atoms with E-state index in [-0.39, 0.29) is 5.54 Å². The molecule has 2 rings (SSSR count). The van der Waals surface area contributed by atoms with E-state index in [0.717, 1.165) is 31.1 Å². The Morgan fingerprint density at radius 1 is 1.40 bits per heavy atom. The first-order chi connectivity index (χ1) is 7.09. The van der Waals surface area contributed by atoms with Crippen molar-refractivity contribution < 1.29 is 0 Å². The zero-order valence-corrected chi connectivity index (χ0v) is 9.75. The van der Waals surface area contributed by atoms with Crippen molar-refractivity contribution in [3.63, 3.8) is 0 Å². The first-order valence-electron chi connectivity index (χ1n) is 5.52. The molecule has 1 saturated heterocycles. The van der Waals surface area contributed by atoms with E-state index in [1.807, 2.05) is 13.0 Å². The molecule has 0 radical (unpaired) electrons. The largest absolute Gasteiger partial charge is 0.349 e. The van der Waals surface area contributed by atoms with Gasteiger partial charge in [-0.2, -0.15) is 0 Å². The van der Waals surface area contributed by atoms with Crippen LogP contribution in [0, 0.1) is 6.92 Å². The van der Waals surface area contributed by atoms with Crippen molar-refractivity contribution in [1.82, 2.24) is 10.3 Å². The fourth-order valence-corrected chi connectivity index (χ4v) is 2.09.